The van der Waals surface area contributed by atoms with Gasteiger partial charge in [-0.3, -0.25) is 4.79 Å². The number of anilines is 2. The van der Waals surface area contributed by atoms with Gasteiger partial charge in [0.05, 0.1) is 31.2 Å². The zero-order valence-electron chi connectivity index (χ0n) is 20.3. The molecule has 1 heterocycles. The van der Waals surface area contributed by atoms with Crippen LogP contribution in [-0.4, -0.2) is 32.9 Å². The molecule has 0 spiro atoms. The normalized spacial score (nSPS) is 15.5. The Balaban J connectivity index is 1.85. The van der Waals surface area contributed by atoms with Crippen molar-refractivity contribution in [2.24, 2.45) is 11.0 Å². The largest absolute Gasteiger partial charge is 0.493 e. The molecule has 1 unspecified atom stereocenters. The fourth-order valence-corrected chi connectivity index (χ4v) is 4.32. The Bertz CT molecular complexity index is 1300. The molecule has 9 heteroatoms. The van der Waals surface area contributed by atoms with Gasteiger partial charge in [-0.15, -0.1) is 0 Å². The number of benzene rings is 3. The molecule has 3 aromatic carbocycles. The van der Waals surface area contributed by atoms with Gasteiger partial charge in [-0.05, 0) is 47.4 Å². The Morgan fingerprint density at radius 2 is 1.67 bits per heavy atom. The predicted molar refractivity (Wildman–Crippen MR) is 133 cm³/mol. The molecule has 36 heavy (non-hydrogen) atoms. The minimum Gasteiger partial charge on any atom is -0.493 e. The van der Waals surface area contributed by atoms with Crippen LogP contribution in [0.1, 0.15) is 18.1 Å². The topological polar surface area (TPSA) is 63.2 Å². The zero-order chi connectivity index (χ0) is 26.0. The molecule has 188 valence electrons. The van der Waals surface area contributed by atoms with Crippen LogP contribution in [0.5, 0.6) is 11.5 Å². The molecule has 4 rings (SSSR count). The molecule has 0 bridgehead atoms. The van der Waals surface area contributed by atoms with Gasteiger partial charge in [-0.25, -0.2) is 5.01 Å². The third-order valence-electron chi connectivity index (χ3n) is 6.13. The molecule has 1 amide bonds. The van der Waals surface area contributed by atoms with E-state index in [2.05, 4.69) is 5.32 Å². The number of carbonyl (C=O) groups excluding carboxylic acids is 1. The predicted octanol–water partition coefficient (Wildman–Crippen LogP) is 5.82. The summed E-state index contributed by atoms with van der Waals surface area (Å²) in [6, 6.07) is 15.7. The second-order valence-corrected chi connectivity index (χ2v) is 8.41. The summed E-state index contributed by atoms with van der Waals surface area (Å²) in [4.78, 5) is 12.7. The van der Waals surface area contributed by atoms with Crippen LogP contribution in [0.3, 0.4) is 0 Å². The number of hydrazone groups is 1. The summed E-state index contributed by atoms with van der Waals surface area (Å²) in [5, 5.41) is 8.94. The molecule has 3 aromatic rings. The number of halogens is 3. The maximum Gasteiger partial charge on any atom is 0.417 e. The first-order valence-electron chi connectivity index (χ1n) is 11.3. The molecule has 1 aliphatic heterocycles. The maximum atomic E-state index is 13.6. The standard InChI is InChI=1S/C27H26F3N3O3/c1-16-13-18-14-23(35-3)24(36-4)15-22(18)33(32-25(16)26(34)31-2)19-11-9-17(10-12-19)20-7-5-6-8-21(20)27(28,29)30/h5-12,14-16H,13H2,1-4H3,(H,31,34). The highest BCUT2D eigenvalue weighted by molar-refractivity contribution is 6.39. The van der Waals surface area contributed by atoms with E-state index in [1.165, 1.54) is 19.2 Å². The second-order valence-electron chi connectivity index (χ2n) is 8.41. The SMILES string of the molecule is CNC(=O)C1=NN(c2ccc(-c3ccccc3C(F)(F)F)cc2)c2cc(OC)c(OC)cc2CC1C. The lowest BCUT2D eigenvalue weighted by atomic mass is 9.95. The van der Waals surface area contributed by atoms with E-state index in [1.54, 1.807) is 55.6 Å². The highest BCUT2D eigenvalue weighted by atomic mass is 19.4. The van der Waals surface area contributed by atoms with Gasteiger partial charge in [0.15, 0.2) is 11.5 Å². The third kappa shape index (κ3) is 4.73. The van der Waals surface area contributed by atoms with Crippen molar-refractivity contribution in [3.8, 4) is 22.6 Å². The highest BCUT2D eigenvalue weighted by Gasteiger charge is 2.33. The van der Waals surface area contributed by atoms with E-state index in [0.29, 0.717) is 40.6 Å². The average Bonchev–Trinajstić information content (AvgIpc) is 3.02. The maximum absolute atomic E-state index is 13.6. The molecule has 0 saturated carbocycles. The molecule has 1 atom stereocenters. The Labute approximate surface area is 207 Å². The van der Waals surface area contributed by atoms with Crippen molar-refractivity contribution in [2.75, 3.05) is 26.3 Å². The first-order chi connectivity index (χ1) is 17.2. The Morgan fingerprint density at radius 1 is 1.03 bits per heavy atom. The fourth-order valence-electron chi connectivity index (χ4n) is 4.32. The minimum atomic E-state index is -4.47. The van der Waals surface area contributed by atoms with Gasteiger partial charge in [-0.1, -0.05) is 37.3 Å². The Kier molecular flexibility index (Phi) is 6.92. The number of amides is 1. The number of hydrogen-bond acceptors (Lipinski definition) is 5. The van der Waals surface area contributed by atoms with Crippen molar-refractivity contribution in [3.63, 3.8) is 0 Å². The van der Waals surface area contributed by atoms with Crippen molar-refractivity contribution in [1.29, 1.82) is 0 Å². The van der Waals surface area contributed by atoms with E-state index in [1.807, 2.05) is 13.0 Å². The zero-order valence-corrected chi connectivity index (χ0v) is 20.3. The summed E-state index contributed by atoms with van der Waals surface area (Å²) in [5.41, 5.74) is 2.27. The van der Waals surface area contributed by atoms with Crippen LogP contribution in [0, 0.1) is 5.92 Å². The van der Waals surface area contributed by atoms with Crippen LogP contribution in [0.4, 0.5) is 24.5 Å². The lowest BCUT2D eigenvalue weighted by Crippen LogP contribution is -2.33. The van der Waals surface area contributed by atoms with Crippen molar-refractivity contribution >= 4 is 23.0 Å². The number of methoxy groups -OCH3 is 2. The number of ether oxygens (including phenoxy) is 2. The third-order valence-corrected chi connectivity index (χ3v) is 6.13. The highest BCUT2D eigenvalue weighted by Crippen LogP contribution is 2.42. The van der Waals surface area contributed by atoms with Crippen molar-refractivity contribution in [1.82, 2.24) is 5.32 Å². The van der Waals surface area contributed by atoms with Gasteiger partial charge in [0.2, 0.25) is 0 Å². The van der Waals surface area contributed by atoms with Crippen molar-refractivity contribution in [3.05, 3.63) is 71.8 Å². The second kappa shape index (κ2) is 9.93. The number of alkyl halides is 3. The van der Waals surface area contributed by atoms with Crippen LogP contribution in [0.2, 0.25) is 0 Å². The Morgan fingerprint density at radius 3 is 2.28 bits per heavy atom. The molecule has 0 saturated heterocycles. The van der Waals surface area contributed by atoms with Gasteiger partial charge in [-0.2, -0.15) is 18.3 Å². The van der Waals surface area contributed by atoms with E-state index in [0.717, 1.165) is 11.6 Å². The van der Waals surface area contributed by atoms with Gasteiger partial charge in [0, 0.05) is 19.0 Å². The van der Waals surface area contributed by atoms with E-state index < -0.39 is 11.7 Å². The van der Waals surface area contributed by atoms with E-state index in [4.69, 9.17) is 14.6 Å². The quantitative estimate of drug-likeness (QED) is 0.482. The Hall–Kier alpha value is -4.01. The summed E-state index contributed by atoms with van der Waals surface area (Å²) in [5.74, 6) is 0.522. The van der Waals surface area contributed by atoms with E-state index in [-0.39, 0.29) is 17.4 Å². The van der Waals surface area contributed by atoms with Gasteiger partial charge >= 0.3 is 6.18 Å². The minimum absolute atomic E-state index is 0.0856. The van der Waals surface area contributed by atoms with Crippen LogP contribution >= 0.6 is 0 Å². The van der Waals surface area contributed by atoms with Crippen LogP contribution in [-0.2, 0) is 17.4 Å². The number of nitrogens with one attached hydrogen (secondary N) is 1. The van der Waals surface area contributed by atoms with Crippen LogP contribution < -0.4 is 19.8 Å². The van der Waals surface area contributed by atoms with Crippen molar-refractivity contribution in [2.45, 2.75) is 19.5 Å². The molecule has 1 N–H and O–H groups in total. The number of carbonyl (C=O) groups is 1. The van der Waals surface area contributed by atoms with Crippen molar-refractivity contribution < 1.29 is 27.4 Å². The van der Waals surface area contributed by atoms with Gasteiger partial charge < -0.3 is 14.8 Å². The molecular weight excluding hydrogens is 471 g/mol. The first-order valence-corrected chi connectivity index (χ1v) is 11.3. The van der Waals surface area contributed by atoms with E-state index in [9.17, 15) is 18.0 Å². The number of rotatable bonds is 5. The van der Waals surface area contributed by atoms with Gasteiger partial charge in [0.25, 0.3) is 5.91 Å². The first kappa shape index (κ1) is 25.1. The smallest absolute Gasteiger partial charge is 0.417 e. The summed E-state index contributed by atoms with van der Waals surface area (Å²) >= 11 is 0. The summed E-state index contributed by atoms with van der Waals surface area (Å²) < 4.78 is 51.6. The lowest BCUT2D eigenvalue weighted by molar-refractivity contribution is -0.137. The molecular formula is C27H26F3N3O3. The molecule has 6 nitrogen and oxygen atoms in total. The van der Waals surface area contributed by atoms with Gasteiger partial charge in [0.1, 0.15) is 5.71 Å². The van der Waals surface area contributed by atoms with E-state index >= 15 is 0 Å². The fraction of sp³-hybridized carbons (Fsp3) is 0.259. The number of hydrogen-bond donors (Lipinski definition) is 1. The molecule has 0 radical (unpaired) electrons. The summed E-state index contributed by atoms with van der Waals surface area (Å²) in [6.45, 7) is 1.91. The molecule has 0 aliphatic carbocycles. The summed E-state index contributed by atoms with van der Waals surface area (Å²) in [7, 11) is 4.62. The van der Waals surface area contributed by atoms with Crippen LogP contribution in [0.25, 0.3) is 11.1 Å². The molecule has 1 aliphatic rings. The monoisotopic (exact) mass is 497 g/mol. The lowest BCUT2D eigenvalue weighted by Gasteiger charge is -2.23. The molecule has 0 fully saturated rings. The summed E-state index contributed by atoms with van der Waals surface area (Å²) in [6.07, 6.45) is -3.95. The number of fused-ring (bicyclic) bond motifs is 1. The van der Waals surface area contributed by atoms with Crippen LogP contribution in [0.15, 0.2) is 65.8 Å². The molecule has 0 aromatic heterocycles. The number of nitrogens with zero attached hydrogens (tertiary/aromatic N) is 2. The average molecular weight is 498 g/mol.